The molecule has 5 heteroatoms. The van der Waals surface area contributed by atoms with Gasteiger partial charge in [0.15, 0.2) is 0 Å². The SMILES string of the molecule is CCCNC(c1cc(Br)c(C)s1)c1c(Cl)cccc1Cl. The second-order valence-corrected chi connectivity index (χ2v) is 7.53. The second kappa shape index (κ2) is 7.28. The molecule has 0 fully saturated rings. The Morgan fingerprint density at radius 2 is 1.95 bits per heavy atom. The lowest BCUT2D eigenvalue weighted by Gasteiger charge is -2.20. The van der Waals surface area contributed by atoms with Crippen LogP contribution in [0.3, 0.4) is 0 Å². The van der Waals surface area contributed by atoms with E-state index >= 15 is 0 Å². The number of benzene rings is 1. The number of thiophene rings is 1. The molecule has 0 saturated heterocycles. The molecule has 0 amide bonds. The maximum atomic E-state index is 6.37. The number of aryl methyl sites for hydroxylation is 1. The number of rotatable bonds is 5. The normalized spacial score (nSPS) is 12.7. The summed E-state index contributed by atoms with van der Waals surface area (Å²) in [5, 5.41) is 4.95. The van der Waals surface area contributed by atoms with Crippen molar-refractivity contribution in [1.82, 2.24) is 5.32 Å². The van der Waals surface area contributed by atoms with Gasteiger partial charge < -0.3 is 5.32 Å². The monoisotopic (exact) mass is 391 g/mol. The van der Waals surface area contributed by atoms with Gasteiger partial charge in [0.25, 0.3) is 0 Å². The first kappa shape index (κ1) is 16.3. The van der Waals surface area contributed by atoms with Gasteiger partial charge in [-0.05, 0) is 54.0 Å². The Kier molecular flexibility index (Phi) is 5.94. The standard InChI is InChI=1S/C15H16BrCl2NS/c1-3-7-19-15(13-8-10(16)9(2)20-13)14-11(17)5-4-6-12(14)18/h4-6,8,15,19H,3,7H2,1-2H3. The van der Waals surface area contributed by atoms with Gasteiger partial charge in [0.1, 0.15) is 0 Å². The summed E-state index contributed by atoms with van der Waals surface area (Å²) in [6, 6.07) is 7.83. The van der Waals surface area contributed by atoms with Crippen molar-refractivity contribution in [2.75, 3.05) is 6.54 Å². The molecule has 1 atom stereocenters. The molecule has 1 N–H and O–H groups in total. The lowest BCUT2D eigenvalue weighted by Crippen LogP contribution is -2.23. The van der Waals surface area contributed by atoms with Crippen molar-refractivity contribution < 1.29 is 0 Å². The zero-order chi connectivity index (χ0) is 14.7. The highest BCUT2D eigenvalue weighted by Gasteiger charge is 2.21. The van der Waals surface area contributed by atoms with Crippen molar-refractivity contribution >= 4 is 50.5 Å². The van der Waals surface area contributed by atoms with E-state index in [1.54, 1.807) is 11.3 Å². The van der Waals surface area contributed by atoms with E-state index in [0.717, 1.165) is 23.0 Å². The number of hydrogen-bond acceptors (Lipinski definition) is 2. The third-order valence-electron chi connectivity index (χ3n) is 3.05. The van der Waals surface area contributed by atoms with Gasteiger partial charge in [-0.1, -0.05) is 36.2 Å². The Morgan fingerprint density at radius 3 is 2.45 bits per heavy atom. The van der Waals surface area contributed by atoms with E-state index in [0.29, 0.717) is 10.0 Å². The maximum absolute atomic E-state index is 6.37. The highest BCUT2D eigenvalue weighted by Crippen LogP contribution is 2.39. The first-order chi connectivity index (χ1) is 9.54. The van der Waals surface area contributed by atoms with Crippen LogP contribution in [0.4, 0.5) is 0 Å². The fraction of sp³-hybridized carbons (Fsp3) is 0.333. The molecule has 20 heavy (non-hydrogen) atoms. The van der Waals surface area contributed by atoms with E-state index < -0.39 is 0 Å². The van der Waals surface area contributed by atoms with Crippen LogP contribution < -0.4 is 5.32 Å². The van der Waals surface area contributed by atoms with Crippen LogP contribution in [0.2, 0.25) is 10.0 Å². The number of halogens is 3. The van der Waals surface area contributed by atoms with Crippen molar-refractivity contribution in [2.45, 2.75) is 26.3 Å². The molecule has 0 bridgehead atoms. The highest BCUT2D eigenvalue weighted by atomic mass is 79.9. The van der Waals surface area contributed by atoms with Gasteiger partial charge in [0, 0.05) is 29.8 Å². The van der Waals surface area contributed by atoms with Crippen LogP contribution in [-0.2, 0) is 0 Å². The van der Waals surface area contributed by atoms with E-state index in [4.69, 9.17) is 23.2 Å². The van der Waals surface area contributed by atoms with Gasteiger partial charge in [-0.2, -0.15) is 0 Å². The molecule has 1 aromatic carbocycles. The molecular weight excluding hydrogens is 377 g/mol. The molecule has 1 heterocycles. The van der Waals surface area contributed by atoms with Gasteiger partial charge in [-0.15, -0.1) is 11.3 Å². The molecular formula is C15H16BrCl2NS. The Bertz CT molecular complexity index is 558. The molecule has 0 aliphatic heterocycles. The van der Waals surface area contributed by atoms with Crippen LogP contribution in [0.15, 0.2) is 28.7 Å². The number of hydrogen-bond donors (Lipinski definition) is 1. The molecule has 0 spiro atoms. The topological polar surface area (TPSA) is 12.0 Å². The molecule has 2 aromatic rings. The Morgan fingerprint density at radius 1 is 1.30 bits per heavy atom. The first-order valence-corrected chi connectivity index (χ1v) is 8.84. The Hall–Kier alpha value is -0.0600. The van der Waals surface area contributed by atoms with Gasteiger partial charge in [0.2, 0.25) is 0 Å². The minimum atomic E-state index is 0.0335. The van der Waals surface area contributed by atoms with Crippen molar-refractivity contribution in [2.24, 2.45) is 0 Å². The predicted octanol–water partition coefficient (Wildman–Crippen LogP) is 6.21. The highest BCUT2D eigenvalue weighted by molar-refractivity contribution is 9.10. The van der Waals surface area contributed by atoms with Crippen LogP contribution >= 0.6 is 50.5 Å². The summed E-state index contributed by atoms with van der Waals surface area (Å²) < 4.78 is 1.13. The third-order valence-corrected chi connectivity index (χ3v) is 5.91. The molecule has 1 nitrogen and oxygen atoms in total. The van der Waals surface area contributed by atoms with Crippen molar-refractivity contribution in [3.63, 3.8) is 0 Å². The summed E-state index contributed by atoms with van der Waals surface area (Å²) in [5.41, 5.74) is 0.957. The molecule has 1 aromatic heterocycles. The lowest BCUT2D eigenvalue weighted by molar-refractivity contribution is 0.606. The molecule has 0 radical (unpaired) electrons. The Balaban J connectivity index is 2.47. The first-order valence-electron chi connectivity index (χ1n) is 6.47. The zero-order valence-corrected chi connectivity index (χ0v) is 15.3. The fourth-order valence-electron chi connectivity index (χ4n) is 2.04. The van der Waals surface area contributed by atoms with Crippen LogP contribution in [0.25, 0.3) is 0 Å². The van der Waals surface area contributed by atoms with Crippen LogP contribution in [0.1, 0.15) is 34.7 Å². The average Bonchev–Trinajstić information content (AvgIpc) is 2.73. The van der Waals surface area contributed by atoms with Crippen molar-refractivity contribution in [3.8, 4) is 0 Å². The average molecular weight is 393 g/mol. The van der Waals surface area contributed by atoms with Gasteiger partial charge in [-0.3, -0.25) is 0 Å². The minimum absolute atomic E-state index is 0.0335. The van der Waals surface area contributed by atoms with E-state index in [-0.39, 0.29) is 6.04 Å². The van der Waals surface area contributed by atoms with Crippen molar-refractivity contribution in [1.29, 1.82) is 0 Å². The largest absolute Gasteiger partial charge is 0.306 e. The van der Waals surface area contributed by atoms with Crippen LogP contribution in [0, 0.1) is 6.92 Å². The van der Waals surface area contributed by atoms with Gasteiger partial charge in [-0.25, -0.2) is 0 Å². The molecule has 2 rings (SSSR count). The summed E-state index contributed by atoms with van der Waals surface area (Å²) in [4.78, 5) is 2.48. The zero-order valence-electron chi connectivity index (χ0n) is 11.3. The number of nitrogens with one attached hydrogen (secondary N) is 1. The van der Waals surface area contributed by atoms with E-state index in [1.165, 1.54) is 9.75 Å². The van der Waals surface area contributed by atoms with E-state index in [1.807, 2.05) is 18.2 Å². The summed E-state index contributed by atoms with van der Waals surface area (Å²) in [6.07, 6.45) is 1.06. The summed E-state index contributed by atoms with van der Waals surface area (Å²) >= 11 is 18.1. The lowest BCUT2D eigenvalue weighted by atomic mass is 10.0. The predicted molar refractivity (Wildman–Crippen MR) is 93.4 cm³/mol. The summed E-state index contributed by atoms with van der Waals surface area (Å²) in [6.45, 7) is 5.16. The van der Waals surface area contributed by atoms with Gasteiger partial charge >= 0.3 is 0 Å². The second-order valence-electron chi connectivity index (χ2n) is 4.58. The maximum Gasteiger partial charge on any atom is 0.0701 e. The Labute approximate surface area is 142 Å². The molecule has 0 aliphatic carbocycles. The van der Waals surface area contributed by atoms with E-state index in [2.05, 4.69) is 41.2 Å². The van der Waals surface area contributed by atoms with Crippen LogP contribution in [-0.4, -0.2) is 6.54 Å². The summed E-state index contributed by atoms with van der Waals surface area (Å²) in [5.74, 6) is 0. The summed E-state index contributed by atoms with van der Waals surface area (Å²) in [7, 11) is 0. The van der Waals surface area contributed by atoms with Crippen molar-refractivity contribution in [3.05, 3.63) is 54.1 Å². The quantitative estimate of drug-likeness (QED) is 0.637. The fourth-order valence-corrected chi connectivity index (χ4v) is 4.31. The smallest absolute Gasteiger partial charge is 0.0701 e. The third kappa shape index (κ3) is 3.58. The molecule has 1 unspecified atom stereocenters. The molecule has 0 aliphatic rings. The van der Waals surface area contributed by atoms with Gasteiger partial charge in [0.05, 0.1) is 6.04 Å². The minimum Gasteiger partial charge on any atom is -0.306 e. The van der Waals surface area contributed by atoms with E-state index in [9.17, 15) is 0 Å². The molecule has 0 saturated carbocycles. The van der Waals surface area contributed by atoms with Crippen LogP contribution in [0.5, 0.6) is 0 Å². The molecule has 108 valence electrons.